The number of tetrazole rings is 1. The van der Waals surface area contributed by atoms with E-state index in [2.05, 4.69) is 51.4 Å². The number of pyridine rings is 1. The zero-order valence-corrected chi connectivity index (χ0v) is 19.2. The first kappa shape index (κ1) is 23.4. The Morgan fingerprint density at radius 3 is 2.41 bits per heavy atom. The lowest BCUT2D eigenvalue weighted by Crippen LogP contribution is -2.24. The van der Waals surface area contributed by atoms with Crippen LogP contribution in [0.2, 0.25) is 0 Å². The van der Waals surface area contributed by atoms with E-state index >= 15 is 0 Å². The standard InChI is InChI=1S/C25H27F2N7/c1-3-12-33(13-4-2)16-17-8-10-18(11-9-17)19-14-20(24(28)29-15-19)25-30-31-32-34(25)22-7-5-6-21(26)23(22)27/h5-11,14-15H,3-4,12-13,16H2,1-2H3,(H2,28,29). The molecule has 0 radical (unpaired) electrons. The fraction of sp³-hybridized carbons (Fsp3) is 0.280. The third kappa shape index (κ3) is 4.94. The van der Waals surface area contributed by atoms with Crippen molar-refractivity contribution in [3.05, 3.63) is 71.9 Å². The molecule has 0 bridgehead atoms. The minimum absolute atomic E-state index is 0.113. The number of benzene rings is 2. The van der Waals surface area contributed by atoms with Gasteiger partial charge in [0.15, 0.2) is 17.5 Å². The number of nitrogens with zero attached hydrogens (tertiary/aromatic N) is 6. The minimum Gasteiger partial charge on any atom is -0.383 e. The average molecular weight is 464 g/mol. The smallest absolute Gasteiger partial charge is 0.190 e. The van der Waals surface area contributed by atoms with Gasteiger partial charge in [0.2, 0.25) is 0 Å². The van der Waals surface area contributed by atoms with E-state index < -0.39 is 11.6 Å². The van der Waals surface area contributed by atoms with Gasteiger partial charge in [0.1, 0.15) is 11.5 Å². The number of rotatable bonds is 9. The highest BCUT2D eigenvalue weighted by Crippen LogP contribution is 2.30. The summed E-state index contributed by atoms with van der Waals surface area (Å²) in [6.45, 7) is 7.43. The highest BCUT2D eigenvalue weighted by molar-refractivity contribution is 5.76. The Balaban J connectivity index is 1.64. The van der Waals surface area contributed by atoms with Gasteiger partial charge in [-0.15, -0.1) is 5.10 Å². The summed E-state index contributed by atoms with van der Waals surface area (Å²) in [5, 5.41) is 11.5. The number of nitrogen functional groups attached to an aromatic ring is 1. The summed E-state index contributed by atoms with van der Waals surface area (Å²) in [6, 6.07) is 13.9. The Labute approximate surface area is 197 Å². The van der Waals surface area contributed by atoms with Crippen molar-refractivity contribution in [1.82, 2.24) is 30.1 Å². The molecule has 0 unspecified atom stereocenters. The fourth-order valence-corrected chi connectivity index (χ4v) is 3.95. The van der Waals surface area contributed by atoms with Crippen LogP contribution >= 0.6 is 0 Å². The molecule has 2 heterocycles. The summed E-state index contributed by atoms with van der Waals surface area (Å²) >= 11 is 0. The number of halogens is 2. The van der Waals surface area contributed by atoms with Gasteiger partial charge in [-0.25, -0.2) is 13.8 Å². The zero-order chi connectivity index (χ0) is 24.1. The lowest BCUT2D eigenvalue weighted by Gasteiger charge is -2.21. The molecule has 0 saturated heterocycles. The van der Waals surface area contributed by atoms with E-state index in [-0.39, 0.29) is 17.3 Å². The van der Waals surface area contributed by atoms with Crippen LogP contribution in [-0.2, 0) is 6.54 Å². The second kappa shape index (κ2) is 10.5. The summed E-state index contributed by atoms with van der Waals surface area (Å²) in [5.74, 6) is -1.68. The van der Waals surface area contributed by atoms with Crippen molar-refractivity contribution in [2.75, 3.05) is 18.8 Å². The van der Waals surface area contributed by atoms with Crippen molar-refractivity contribution in [1.29, 1.82) is 0 Å². The van der Waals surface area contributed by atoms with Crippen LogP contribution in [0.1, 0.15) is 32.3 Å². The molecular formula is C25H27F2N7. The number of hydrogen-bond acceptors (Lipinski definition) is 6. The normalized spacial score (nSPS) is 11.3. The van der Waals surface area contributed by atoms with E-state index in [4.69, 9.17) is 5.73 Å². The number of nitrogens with two attached hydrogens (primary N) is 1. The molecule has 4 rings (SSSR count). The van der Waals surface area contributed by atoms with Gasteiger partial charge in [-0.1, -0.05) is 44.2 Å². The number of anilines is 1. The van der Waals surface area contributed by atoms with Crippen LogP contribution in [0.5, 0.6) is 0 Å². The largest absolute Gasteiger partial charge is 0.383 e. The summed E-state index contributed by atoms with van der Waals surface area (Å²) in [4.78, 5) is 6.75. The summed E-state index contributed by atoms with van der Waals surface area (Å²) in [6.07, 6.45) is 3.92. The second-order valence-corrected chi connectivity index (χ2v) is 8.12. The van der Waals surface area contributed by atoms with E-state index in [1.54, 1.807) is 12.3 Å². The van der Waals surface area contributed by atoms with Gasteiger partial charge in [0.25, 0.3) is 0 Å². The molecule has 0 aliphatic heterocycles. The molecule has 2 aromatic carbocycles. The molecule has 9 heteroatoms. The minimum atomic E-state index is -1.05. The van der Waals surface area contributed by atoms with Gasteiger partial charge in [-0.05, 0) is 65.7 Å². The van der Waals surface area contributed by atoms with Crippen LogP contribution in [0, 0.1) is 11.6 Å². The molecule has 0 amide bonds. The molecule has 34 heavy (non-hydrogen) atoms. The highest BCUT2D eigenvalue weighted by Gasteiger charge is 2.19. The van der Waals surface area contributed by atoms with E-state index in [1.807, 2.05) is 12.1 Å². The van der Waals surface area contributed by atoms with E-state index in [0.717, 1.165) is 54.4 Å². The van der Waals surface area contributed by atoms with Crippen LogP contribution in [0.4, 0.5) is 14.6 Å². The van der Waals surface area contributed by atoms with Crippen molar-refractivity contribution < 1.29 is 8.78 Å². The molecule has 0 atom stereocenters. The maximum absolute atomic E-state index is 14.4. The monoisotopic (exact) mass is 463 g/mol. The number of aromatic nitrogens is 5. The molecule has 0 aliphatic rings. The van der Waals surface area contributed by atoms with Gasteiger partial charge in [0.05, 0.1) is 5.56 Å². The maximum Gasteiger partial charge on any atom is 0.190 e. The third-order valence-corrected chi connectivity index (χ3v) is 5.56. The van der Waals surface area contributed by atoms with Crippen molar-refractivity contribution in [3.63, 3.8) is 0 Å². The van der Waals surface area contributed by atoms with Crippen molar-refractivity contribution in [2.24, 2.45) is 0 Å². The molecule has 2 aromatic heterocycles. The predicted octanol–water partition coefficient (Wildman–Crippen LogP) is 4.87. The second-order valence-electron chi connectivity index (χ2n) is 8.12. The fourth-order valence-electron chi connectivity index (χ4n) is 3.95. The lowest BCUT2D eigenvalue weighted by atomic mass is 10.0. The van der Waals surface area contributed by atoms with Gasteiger partial charge in [-0.2, -0.15) is 4.68 Å². The van der Waals surface area contributed by atoms with Gasteiger partial charge in [-0.3, -0.25) is 4.90 Å². The molecule has 2 N–H and O–H groups in total. The lowest BCUT2D eigenvalue weighted by molar-refractivity contribution is 0.266. The first-order valence-corrected chi connectivity index (χ1v) is 11.3. The van der Waals surface area contributed by atoms with Crippen LogP contribution in [-0.4, -0.2) is 43.2 Å². The summed E-state index contributed by atoms with van der Waals surface area (Å²) < 4.78 is 29.3. The van der Waals surface area contributed by atoms with Crippen LogP contribution in [0.3, 0.4) is 0 Å². The Morgan fingerprint density at radius 2 is 1.71 bits per heavy atom. The SMILES string of the molecule is CCCN(CCC)Cc1ccc(-c2cnc(N)c(-c3nnnn3-c3cccc(F)c3F)c2)cc1. The maximum atomic E-state index is 14.4. The van der Waals surface area contributed by atoms with Crippen molar-refractivity contribution in [3.8, 4) is 28.2 Å². The molecule has 176 valence electrons. The topological polar surface area (TPSA) is 85.8 Å². The molecule has 4 aromatic rings. The Kier molecular flexibility index (Phi) is 7.22. The number of hydrogen-bond donors (Lipinski definition) is 1. The molecule has 0 spiro atoms. The molecule has 0 fully saturated rings. The summed E-state index contributed by atoms with van der Waals surface area (Å²) in [5.41, 5.74) is 9.42. The molecule has 7 nitrogen and oxygen atoms in total. The first-order valence-electron chi connectivity index (χ1n) is 11.3. The van der Waals surface area contributed by atoms with Crippen LogP contribution in [0.15, 0.2) is 54.7 Å². The molecular weight excluding hydrogens is 436 g/mol. The average Bonchev–Trinajstić information content (AvgIpc) is 3.31. The van der Waals surface area contributed by atoms with Crippen molar-refractivity contribution in [2.45, 2.75) is 33.2 Å². The van der Waals surface area contributed by atoms with Gasteiger partial charge < -0.3 is 5.73 Å². The van der Waals surface area contributed by atoms with Crippen molar-refractivity contribution >= 4 is 5.82 Å². The zero-order valence-electron chi connectivity index (χ0n) is 19.2. The Morgan fingerprint density at radius 1 is 0.971 bits per heavy atom. The Bertz CT molecular complexity index is 1250. The van der Waals surface area contributed by atoms with E-state index in [0.29, 0.717) is 5.56 Å². The van der Waals surface area contributed by atoms with E-state index in [9.17, 15) is 8.78 Å². The Hall–Kier alpha value is -3.72. The molecule has 0 saturated carbocycles. The predicted molar refractivity (Wildman–Crippen MR) is 128 cm³/mol. The first-order chi connectivity index (χ1) is 16.5. The molecule has 0 aliphatic carbocycles. The third-order valence-electron chi connectivity index (χ3n) is 5.56. The van der Waals surface area contributed by atoms with Crippen LogP contribution < -0.4 is 5.73 Å². The van der Waals surface area contributed by atoms with E-state index in [1.165, 1.54) is 17.7 Å². The van der Waals surface area contributed by atoms with Gasteiger partial charge >= 0.3 is 0 Å². The summed E-state index contributed by atoms with van der Waals surface area (Å²) in [7, 11) is 0. The van der Waals surface area contributed by atoms with Crippen LogP contribution in [0.25, 0.3) is 28.2 Å². The highest BCUT2D eigenvalue weighted by atomic mass is 19.2. The quantitative estimate of drug-likeness (QED) is 0.381. The van der Waals surface area contributed by atoms with Gasteiger partial charge in [0, 0.05) is 18.3 Å².